The number of nitrogens with one attached hydrogen (secondary N) is 1. The van der Waals surface area contributed by atoms with Crippen LogP contribution in [0.1, 0.15) is 53.4 Å². The van der Waals surface area contributed by atoms with Gasteiger partial charge >= 0.3 is 0 Å². The Morgan fingerprint density at radius 3 is 2.61 bits per heavy atom. The molecule has 3 fully saturated rings. The predicted molar refractivity (Wildman–Crippen MR) is 74.5 cm³/mol. The molecule has 2 saturated carbocycles. The lowest BCUT2D eigenvalue weighted by Crippen LogP contribution is -2.69. The minimum absolute atomic E-state index is 0.331. The topological polar surface area (TPSA) is 21.3 Å². The number of hydrogen-bond donors (Lipinski definition) is 1. The average molecular weight is 251 g/mol. The van der Waals surface area contributed by atoms with Crippen LogP contribution < -0.4 is 5.32 Å². The highest BCUT2D eigenvalue weighted by molar-refractivity contribution is 5.11. The van der Waals surface area contributed by atoms with Crippen LogP contribution in [0, 0.1) is 22.7 Å². The molecule has 1 saturated heterocycles. The highest BCUT2D eigenvalue weighted by Gasteiger charge is 2.58. The first-order chi connectivity index (χ1) is 8.47. The smallest absolute Gasteiger partial charge is 0.0684 e. The number of fused-ring (bicyclic) bond motifs is 1. The van der Waals surface area contributed by atoms with E-state index in [-0.39, 0.29) is 0 Å². The van der Waals surface area contributed by atoms with E-state index in [1.165, 1.54) is 32.2 Å². The van der Waals surface area contributed by atoms with Crippen molar-refractivity contribution in [1.29, 1.82) is 0 Å². The van der Waals surface area contributed by atoms with E-state index in [9.17, 15) is 0 Å². The zero-order valence-corrected chi connectivity index (χ0v) is 12.5. The second-order valence-electron chi connectivity index (χ2n) is 7.79. The van der Waals surface area contributed by atoms with Crippen molar-refractivity contribution >= 4 is 0 Å². The Labute approximate surface area is 112 Å². The maximum Gasteiger partial charge on any atom is 0.0684 e. The summed E-state index contributed by atoms with van der Waals surface area (Å²) < 4.78 is 5.98. The molecule has 2 aliphatic carbocycles. The van der Waals surface area contributed by atoms with Crippen molar-refractivity contribution in [2.75, 3.05) is 13.2 Å². The minimum Gasteiger partial charge on any atom is -0.377 e. The summed E-state index contributed by atoms with van der Waals surface area (Å²) >= 11 is 0. The first kappa shape index (κ1) is 12.9. The van der Waals surface area contributed by atoms with Gasteiger partial charge in [-0.25, -0.2) is 0 Å². The van der Waals surface area contributed by atoms with Gasteiger partial charge in [0.1, 0.15) is 0 Å². The Hall–Kier alpha value is -0.0800. The van der Waals surface area contributed by atoms with Crippen molar-refractivity contribution in [3.63, 3.8) is 0 Å². The molecular weight excluding hydrogens is 222 g/mol. The average Bonchev–Trinajstić information content (AvgIpc) is 3.10. The van der Waals surface area contributed by atoms with Crippen LogP contribution in [-0.2, 0) is 4.74 Å². The van der Waals surface area contributed by atoms with Crippen molar-refractivity contribution in [3.05, 3.63) is 0 Å². The van der Waals surface area contributed by atoms with E-state index in [4.69, 9.17) is 4.74 Å². The molecule has 104 valence electrons. The van der Waals surface area contributed by atoms with Gasteiger partial charge < -0.3 is 10.1 Å². The van der Waals surface area contributed by atoms with Gasteiger partial charge in [-0.2, -0.15) is 0 Å². The molecule has 2 nitrogen and oxygen atoms in total. The van der Waals surface area contributed by atoms with Crippen LogP contribution in [0.5, 0.6) is 0 Å². The summed E-state index contributed by atoms with van der Waals surface area (Å²) in [4.78, 5) is 0. The van der Waals surface area contributed by atoms with Gasteiger partial charge in [0.15, 0.2) is 0 Å². The maximum atomic E-state index is 5.98. The van der Waals surface area contributed by atoms with Crippen molar-refractivity contribution in [2.24, 2.45) is 22.7 Å². The van der Waals surface area contributed by atoms with Crippen LogP contribution in [0.25, 0.3) is 0 Å². The molecule has 1 aliphatic heterocycles. The number of ether oxygens (including phenoxy) is 1. The van der Waals surface area contributed by atoms with Gasteiger partial charge in [0.25, 0.3) is 0 Å². The van der Waals surface area contributed by atoms with E-state index in [0.29, 0.717) is 23.0 Å². The Bertz CT molecular complexity index is 319. The standard InChI is InChI=1S/C16H29NO/c1-11(2)16(7-8-16)10-17-13-12-6-5-9-18-14(12)15(13,3)4/h11-14,17H,5-10H2,1-4H3. The Morgan fingerprint density at radius 2 is 2.00 bits per heavy atom. The molecule has 3 rings (SSSR count). The van der Waals surface area contributed by atoms with Gasteiger partial charge in [-0.3, -0.25) is 0 Å². The molecule has 0 aromatic heterocycles. The lowest BCUT2D eigenvalue weighted by atomic mass is 9.55. The molecule has 3 atom stereocenters. The highest BCUT2D eigenvalue weighted by Crippen LogP contribution is 2.54. The van der Waals surface area contributed by atoms with Gasteiger partial charge in [0.05, 0.1) is 6.10 Å². The van der Waals surface area contributed by atoms with E-state index in [0.717, 1.165) is 18.4 Å². The third kappa shape index (κ3) is 1.84. The number of rotatable bonds is 4. The summed E-state index contributed by atoms with van der Waals surface area (Å²) in [6.45, 7) is 11.7. The van der Waals surface area contributed by atoms with Crippen molar-refractivity contribution in [1.82, 2.24) is 5.32 Å². The molecular formula is C16H29NO. The molecule has 1 heterocycles. The summed E-state index contributed by atoms with van der Waals surface area (Å²) in [7, 11) is 0. The molecule has 2 heteroatoms. The summed E-state index contributed by atoms with van der Waals surface area (Å²) in [5, 5.41) is 3.91. The third-order valence-corrected chi connectivity index (χ3v) is 6.12. The van der Waals surface area contributed by atoms with Crippen LogP contribution >= 0.6 is 0 Å². The van der Waals surface area contributed by atoms with Gasteiger partial charge in [0.2, 0.25) is 0 Å². The molecule has 0 bridgehead atoms. The quantitative estimate of drug-likeness (QED) is 0.828. The van der Waals surface area contributed by atoms with E-state index in [1.54, 1.807) is 0 Å². The SMILES string of the molecule is CC(C)C1(CNC2C3CCCOC3C2(C)C)CC1. The third-order valence-electron chi connectivity index (χ3n) is 6.12. The molecule has 0 radical (unpaired) electrons. The molecule has 18 heavy (non-hydrogen) atoms. The summed E-state index contributed by atoms with van der Waals surface area (Å²) in [5.74, 6) is 1.60. The minimum atomic E-state index is 0.331. The summed E-state index contributed by atoms with van der Waals surface area (Å²) in [5.41, 5.74) is 0.953. The zero-order valence-electron chi connectivity index (χ0n) is 12.5. The van der Waals surface area contributed by atoms with Crippen LogP contribution in [0.4, 0.5) is 0 Å². The summed E-state index contributed by atoms with van der Waals surface area (Å²) in [6.07, 6.45) is 5.98. The molecule has 0 spiro atoms. The van der Waals surface area contributed by atoms with E-state index in [1.807, 2.05) is 0 Å². The lowest BCUT2D eigenvalue weighted by molar-refractivity contribution is -0.193. The molecule has 3 unspecified atom stereocenters. The molecule has 0 amide bonds. The first-order valence-electron chi connectivity index (χ1n) is 7.82. The van der Waals surface area contributed by atoms with Gasteiger partial charge in [0, 0.05) is 30.5 Å². The van der Waals surface area contributed by atoms with Gasteiger partial charge in [-0.05, 0) is 37.0 Å². The van der Waals surface area contributed by atoms with Crippen LogP contribution in [0.15, 0.2) is 0 Å². The molecule has 1 N–H and O–H groups in total. The second-order valence-corrected chi connectivity index (χ2v) is 7.79. The normalized spacial score (nSPS) is 40.2. The van der Waals surface area contributed by atoms with Gasteiger partial charge in [-0.15, -0.1) is 0 Å². The fraction of sp³-hybridized carbons (Fsp3) is 1.00. The molecule has 3 aliphatic rings. The lowest BCUT2D eigenvalue weighted by Gasteiger charge is -2.60. The van der Waals surface area contributed by atoms with Crippen molar-refractivity contribution in [2.45, 2.75) is 65.5 Å². The van der Waals surface area contributed by atoms with Crippen LogP contribution in [0.3, 0.4) is 0 Å². The fourth-order valence-electron chi connectivity index (χ4n) is 4.37. The van der Waals surface area contributed by atoms with E-state index < -0.39 is 0 Å². The predicted octanol–water partition coefficient (Wildman–Crippen LogP) is 3.22. The second kappa shape index (κ2) is 4.21. The highest BCUT2D eigenvalue weighted by atomic mass is 16.5. The van der Waals surface area contributed by atoms with E-state index >= 15 is 0 Å². The first-order valence-corrected chi connectivity index (χ1v) is 7.82. The zero-order chi connectivity index (χ0) is 13.0. The van der Waals surface area contributed by atoms with Gasteiger partial charge in [-0.1, -0.05) is 27.7 Å². The van der Waals surface area contributed by atoms with Crippen LogP contribution in [-0.4, -0.2) is 25.3 Å². The van der Waals surface area contributed by atoms with Crippen molar-refractivity contribution < 1.29 is 4.74 Å². The Kier molecular flexibility index (Phi) is 3.02. The van der Waals surface area contributed by atoms with Crippen molar-refractivity contribution in [3.8, 4) is 0 Å². The maximum absolute atomic E-state index is 5.98. The van der Waals surface area contributed by atoms with Crippen LogP contribution in [0.2, 0.25) is 0 Å². The molecule has 0 aromatic carbocycles. The fourth-order valence-corrected chi connectivity index (χ4v) is 4.37. The Morgan fingerprint density at radius 1 is 1.28 bits per heavy atom. The molecule has 0 aromatic rings. The largest absolute Gasteiger partial charge is 0.377 e. The Balaban J connectivity index is 1.59. The van der Waals surface area contributed by atoms with E-state index in [2.05, 4.69) is 33.0 Å². The number of hydrogen-bond acceptors (Lipinski definition) is 2. The monoisotopic (exact) mass is 251 g/mol. The summed E-state index contributed by atoms with van der Waals surface area (Å²) in [6, 6.07) is 0.680.